The first-order valence-electron chi connectivity index (χ1n) is 6.45. The summed E-state index contributed by atoms with van der Waals surface area (Å²) in [4.78, 5) is 2.33. The van der Waals surface area contributed by atoms with Crippen molar-refractivity contribution in [1.29, 1.82) is 0 Å². The van der Waals surface area contributed by atoms with Gasteiger partial charge in [-0.05, 0) is 24.7 Å². The van der Waals surface area contributed by atoms with Crippen molar-refractivity contribution >= 4 is 27.5 Å². The van der Waals surface area contributed by atoms with Crippen LogP contribution in [0.5, 0.6) is 0 Å². The van der Waals surface area contributed by atoms with Crippen molar-refractivity contribution < 1.29 is 0 Å². The molecule has 1 heterocycles. The van der Waals surface area contributed by atoms with Gasteiger partial charge >= 0.3 is 0 Å². The Hall–Kier alpha value is -0.170. The average Bonchev–Trinajstić information content (AvgIpc) is 2.39. The molecule has 1 atom stereocenters. The molecule has 0 bridgehead atoms. The zero-order chi connectivity index (χ0) is 13.8. The lowest BCUT2D eigenvalue weighted by molar-refractivity contribution is 0.0879. The van der Waals surface area contributed by atoms with E-state index in [1.165, 1.54) is 0 Å². The van der Waals surface area contributed by atoms with Gasteiger partial charge in [-0.2, -0.15) is 0 Å². The third-order valence-corrected chi connectivity index (χ3v) is 4.34. The first-order valence-corrected chi connectivity index (χ1v) is 7.62. The predicted molar refractivity (Wildman–Crippen MR) is 83.2 cm³/mol. The van der Waals surface area contributed by atoms with Crippen LogP contribution in [0, 0.1) is 0 Å². The summed E-state index contributed by atoms with van der Waals surface area (Å²) in [6, 6.07) is 5.93. The Kier molecular flexibility index (Phi) is 5.62. The minimum atomic E-state index is 0.107. The molecule has 0 spiro atoms. The highest BCUT2D eigenvalue weighted by Gasteiger charge is 2.19. The van der Waals surface area contributed by atoms with Gasteiger partial charge in [0.25, 0.3) is 0 Å². The van der Waals surface area contributed by atoms with E-state index in [2.05, 4.69) is 38.3 Å². The molecule has 3 N–H and O–H groups in total. The van der Waals surface area contributed by atoms with Crippen LogP contribution in [0.1, 0.15) is 11.6 Å². The summed E-state index contributed by atoms with van der Waals surface area (Å²) >= 11 is 9.53. The topological polar surface area (TPSA) is 44.5 Å². The molecule has 1 aliphatic rings. The molecule has 19 heavy (non-hydrogen) atoms. The largest absolute Gasteiger partial charge is 0.329 e. The van der Waals surface area contributed by atoms with E-state index in [-0.39, 0.29) is 6.04 Å². The average molecular weight is 348 g/mol. The SMILES string of the molecule is CN1CCN(NC(CN)c2ccc(Cl)cc2Br)CC1. The molecule has 4 nitrogen and oxygen atoms in total. The van der Waals surface area contributed by atoms with Gasteiger partial charge in [-0.25, -0.2) is 10.4 Å². The molecular weight excluding hydrogens is 328 g/mol. The molecule has 1 aromatic carbocycles. The summed E-state index contributed by atoms with van der Waals surface area (Å²) < 4.78 is 0.997. The maximum Gasteiger partial charge on any atom is 0.0598 e. The van der Waals surface area contributed by atoms with Gasteiger partial charge in [0.1, 0.15) is 0 Å². The molecule has 1 unspecified atom stereocenters. The van der Waals surface area contributed by atoms with E-state index in [1.807, 2.05) is 18.2 Å². The Bertz CT molecular complexity index is 421. The Morgan fingerprint density at radius 3 is 2.63 bits per heavy atom. The van der Waals surface area contributed by atoms with Crippen molar-refractivity contribution in [2.75, 3.05) is 39.8 Å². The normalized spacial score (nSPS) is 19.6. The number of nitrogens with two attached hydrogens (primary N) is 1. The smallest absolute Gasteiger partial charge is 0.0598 e. The molecule has 6 heteroatoms. The van der Waals surface area contributed by atoms with Gasteiger partial charge in [-0.15, -0.1) is 0 Å². The lowest BCUT2D eigenvalue weighted by atomic mass is 10.1. The van der Waals surface area contributed by atoms with Crippen LogP contribution >= 0.6 is 27.5 Å². The van der Waals surface area contributed by atoms with Gasteiger partial charge in [0.05, 0.1) is 6.04 Å². The van der Waals surface area contributed by atoms with Gasteiger partial charge in [0.2, 0.25) is 0 Å². The molecular formula is C13H20BrClN4. The number of halogens is 2. The van der Waals surface area contributed by atoms with Crippen molar-refractivity contribution in [3.63, 3.8) is 0 Å². The fourth-order valence-electron chi connectivity index (χ4n) is 2.19. The van der Waals surface area contributed by atoms with Gasteiger partial charge in [-0.1, -0.05) is 33.6 Å². The number of nitrogens with zero attached hydrogens (tertiary/aromatic N) is 2. The highest BCUT2D eigenvalue weighted by atomic mass is 79.9. The van der Waals surface area contributed by atoms with Gasteiger partial charge in [0, 0.05) is 42.2 Å². The number of likely N-dealkylation sites (N-methyl/N-ethyl adjacent to an activating group) is 1. The van der Waals surface area contributed by atoms with E-state index >= 15 is 0 Å². The van der Waals surface area contributed by atoms with Crippen molar-refractivity contribution in [2.24, 2.45) is 5.73 Å². The Balaban J connectivity index is 2.03. The van der Waals surface area contributed by atoms with Crippen LogP contribution in [0.3, 0.4) is 0 Å². The van der Waals surface area contributed by atoms with E-state index in [0.29, 0.717) is 6.54 Å². The fourth-order valence-corrected chi connectivity index (χ4v) is 3.15. The Labute approximate surface area is 128 Å². The highest BCUT2D eigenvalue weighted by molar-refractivity contribution is 9.10. The first kappa shape index (κ1) is 15.2. The molecule has 0 aliphatic carbocycles. The lowest BCUT2D eigenvalue weighted by Crippen LogP contribution is -2.52. The molecule has 0 saturated carbocycles. The van der Waals surface area contributed by atoms with E-state index in [4.69, 9.17) is 17.3 Å². The van der Waals surface area contributed by atoms with Crippen molar-refractivity contribution in [1.82, 2.24) is 15.3 Å². The van der Waals surface area contributed by atoms with Crippen LogP contribution in [0.2, 0.25) is 5.02 Å². The Morgan fingerprint density at radius 1 is 1.37 bits per heavy atom. The molecule has 1 saturated heterocycles. The molecule has 0 aromatic heterocycles. The quantitative estimate of drug-likeness (QED) is 0.872. The minimum Gasteiger partial charge on any atom is -0.329 e. The molecule has 106 valence electrons. The first-order chi connectivity index (χ1) is 9.10. The van der Waals surface area contributed by atoms with Crippen molar-refractivity contribution in [2.45, 2.75) is 6.04 Å². The van der Waals surface area contributed by atoms with Crippen LogP contribution in [-0.2, 0) is 0 Å². The molecule has 2 rings (SSSR count). The van der Waals surface area contributed by atoms with Gasteiger partial charge < -0.3 is 10.6 Å². The predicted octanol–water partition coefficient (Wildman–Crippen LogP) is 1.85. The summed E-state index contributed by atoms with van der Waals surface area (Å²) in [6.45, 7) is 4.72. The second kappa shape index (κ2) is 7.02. The zero-order valence-corrected chi connectivity index (χ0v) is 13.4. The summed E-state index contributed by atoms with van der Waals surface area (Å²) in [5.74, 6) is 0. The summed E-state index contributed by atoms with van der Waals surface area (Å²) in [5.41, 5.74) is 10.6. The zero-order valence-electron chi connectivity index (χ0n) is 11.1. The Morgan fingerprint density at radius 2 is 2.05 bits per heavy atom. The van der Waals surface area contributed by atoms with Gasteiger partial charge in [-0.3, -0.25) is 0 Å². The van der Waals surface area contributed by atoms with Crippen LogP contribution < -0.4 is 11.2 Å². The molecule has 0 amide bonds. The van der Waals surface area contributed by atoms with E-state index in [0.717, 1.165) is 41.2 Å². The van der Waals surface area contributed by atoms with Crippen molar-refractivity contribution in [3.05, 3.63) is 33.3 Å². The molecule has 0 radical (unpaired) electrons. The second-order valence-corrected chi connectivity index (χ2v) is 6.16. The standard InChI is InChI=1S/C13H20BrClN4/c1-18-4-6-19(7-5-18)17-13(9-16)11-3-2-10(15)8-12(11)14/h2-3,8,13,17H,4-7,9,16H2,1H3. The monoisotopic (exact) mass is 346 g/mol. The number of piperazine rings is 1. The third-order valence-electron chi connectivity index (χ3n) is 3.42. The molecule has 1 aromatic rings. The van der Waals surface area contributed by atoms with Crippen LogP contribution in [-0.4, -0.2) is 49.7 Å². The maximum atomic E-state index is 5.98. The minimum absolute atomic E-state index is 0.107. The third kappa shape index (κ3) is 4.15. The second-order valence-electron chi connectivity index (χ2n) is 4.87. The van der Waals surface area contributed by atoms with E-state index < -0.39 is 0 Å². The van der Waals surface area contributed by atoms with E-state index in [9.17, 15) is 0 Å². The highest BCUT2D eigenvalue weighted by Crippen LogP contribution is 2.26. The summed E-state index contributed by atoms with van der Waals surface area (Å²) in [5, 5.41) is 2.98. The van der Waals surface area contributed by atoms with E-state index in [1.54, 1.807) is 0 Å². The lowest BCUT2D eigenvalue weighted by Gasteiger charge is -2.35. The van der Waals surface area contributed by atoms with Crippen molar-refractivity contribution in [3.8, 4) is 0 Å². The van der Waals surface area contributed by atoms with Crippen LogP contribution in [0.15, 0.2) is 22.7 Å². The number of rotatable bonds is 4. The maximum absolute atomic E-state index is 5.98. The summed E-state index contributed by atoms with van der Waals surface area (Å²) in [7, 11) is 2.15. The number of hydrogen-bond acceptors (Lipinski definition) is 4. The number of hydrazine groups is 1. The number of nitrogens with one attached hydrogen (secondary N) is 1. The van der Waals surface area contributed by atoms with Gasteiger partial charge in [0.15, 0.2) is 0 Å². The number of benzene rings is 1. The molecule has 1 fully saturated rings. The fraction of sp³-hybridized carbons (Fsp3) is 0.538. The molecule has 1 aliphatic heterocycles. The van der Waals surface area contributed by atoms with Crippen LogP contribution in [0.4, 0.5) is 0 Å². The van der Waals surface area contributed by atoms with Crippen LogP contribution in [0.25, 0.3) is 0 Å². The number of hydrogen-bond donors (Lipinski definition) is 2. The summed E-state index contributed by atoms with van der Waals surface area (Å²) in [6.07, 6.45) is 0.